The molecule has 0 fully saturated rings. The third-order valence-electron chi connectivity index (χ3n) is 7.39. The first kappa shape index (κ1) is 26.9. The lowest BCUT2D eigenvalue weighted by atomic mass is 9.76. The Morgan fingerprint density at radius 1 is 0.976 bits per heavy atom. The summed E-state index contributed by atoms with van der Waals surface area (Å²) in [5, 5.41) is 23.1. The standard InChI is InChI=1S/C32H29N5O5/c1-19-16-27(35-41-19)36-24-17-32(3,4)18-25(38)28(24)30(31(36)22-8-6-5-7-9-22)33-29-20(2)34-42-26(29)15-12-21-10-13-23(14-11-21)37(39)40/h5-16,33H,17-18H2,1-4H3/b15-12+. The van der Waals surface area contributed by atoms with Gasteiger partial charge in [-0.15, -0.1) is 0 Å². The van der Waals surface area contributed by atoms with Gasteiger partial charge in [-0.2, -0.15) is 0 Å². The zero-order valence-corrected chi connectivity index (χ0v) is 23.7. The lowest BCUT2D eigenvalue weighted by molar-refractivity contribution is -0.384. The van der Waals surface area contributed by atoms with Crippen LogP contribution in [0.3, 0.4) is 0 Å². The Kier molecular flexibility index (Phi) is 6.61. The number of nitro benzene ring substituents is 1. The maximum atomic E-state index is 13.8. The van der Waals surface area contributed by atoms with Crippen LogP contribution in [0, 0.1) is 29.4 Å². The van der Waals surface area contributed by atoms with Crippen molar-refractivity contribution in [3.63, 3.8) is 0 Å². The number of Topliss-reactive ketones (excluding diaryl/α,β-unsaturated/α-hetero) is 1. The molecule has 0 saturated heterocycles. The van der Waals surface area contributed by atoms with Crippen molar-refractivity contribution in [1.82, 2.24) is 14.9 Å². The van der Waals surface area contributed by atoms with E-state index in [9.17, 15) is 14.9 Å². The smallest absolute Gasteiger partial charge is 0.269 e. The number of fused-ring (bicyclic) bond motifs is 1. The van der Waals surface area contributed by atoms with Gasteiger partial charge in [0.25, 0.3) is 5.69 Å². The molecular weight excluding hydrogens is 534 g/mol. The molecule has 10 heteroatoms. The lowest BCUT2D eigenvalue weighted by Crippen LogP contribution is -2.28. The Morgan fingerprint density at radius 3 is 2.38 bits per heavy atom. The molecule has 212 valence electrons. The molecule has 10 nitrogen and oxygen atoms in total. The Morgan fingerprint density at radius 2 is 1.71 bits per heavy atom. The molecule has 0 saturated carbocycles. The average molecular weight is 564 g/mol. The molecule has 5 aromatic rings. The van der Waals surface area contributed by atoms with E-state index in [1.54, 1.807) is 24.3 Å². The Bertz CT molecular complexity index is 1840. The number of nitrogens with zero attached hydrogens (tertiary/aromatic N) is 4. The molecule has 0 aliphatic heterocycles. The molecule has 2 aromatic carbocycles. The first-order valence-electron chi connectivity index (χ1n) is 13.6. The molecule has 0 atom stereocenters. The van der Waals surface area contributed by atoms with Gasteiger partial charge in [-0.05, 0) is 49.5 Å². The van der Waals surface area contributed by atoms with E-state index in [4.69, 9.17) is 9.05 Å². The molecular formula is C32H29N5O5. The zero-order valence-electron chi connectivity index (χ0n) is 23.7. The van der Waals surface area contributed by atoms with E-state index in [-0.39, 0.29) is 16.9 Å². The van der Waals surface area contributed by atoms with E-state index >= 15 is 0 Å². The number of rotatable bonds is 7. The summed E-state index contributed by atoms with van der Waals surface area (Å²) in [6, 6.07) is 18.0. The number of aryl methyl sites for hydroxylation is 2. The van der Waals surface area contributed by atoms with Gasteiger partial charge < -0.3 is 14.4 Å². The SMILES string of the molecule is Cc1cc(-n2c3c(c(Nc4c(C)noc4/C=C/c4ccc([N+](=O)[O-])cc4)c2-c2ccccc2)C(=O)CC(C)(C)C3)no1. The summed E-state index contributed by atoms with van der Waals surface area (Å²) in [7, 11) is 0. The second-order valence-corrected chi connectivity index (χ2v) is 11.3. The van der Waals surface area contributed by atoms with Gasteiger partial charge in [-0.1, -0.05) is 60.6 Å². The van der Waals surface area contributed by atoms with Crippen molar-refractivity contribution < 1.29 is 18.8 Å². The van der Waals surface area contributed by atoms with Crippen LogP contribution in [0.5, 0.6) is 0 Å². The average Bonchev–Trinajstić information content (AvgIpc) is 3.63. The van der Waals surface area contributed by atoms with Crippen LogP contribution >= 0.6 is 0 Å². The first-order chi connectivity index (χ1) is 20.1. The van der Waals surface area contributed by atoms with Crippen LogP contribution in [-0.4, -0.2) is 25.6 Å². The summed E-state index contributed by atoms with van der Waals surface area (Å²) >= 11 is 0. The third kappa shape index (κ3) is 4.91. The predicted molar refractivity (Wildman–Crippen MR) is 159 cm³/mol. The van der Waals surface area contributed by atoms with Gasteiger partial charge in [0.15, 0.2) is 17.4 Å². The second-order valence-electron chi connectivity index (χ2n) is 11.3. The maximum absolute atomic E-state index is 13.8. The van der Waals surface area contributed by atoms with Crippen LogP contribution in [0.15, 0.2) is 69.7 Å². The summed E-state index contributed by atoms with van der Waals surface area (Å²) in [5.74, 6) is 1.75. The number of benzene rings is 2. The number of ketones is 1. The Balaban J connectivity index is 1.51. The van der Waals surface area contributed by atoms with Crippen molar-refractivity contribution in [2.75, 3.05) is 5.32 Å². The molecule has 6 rings (SSSR count). The van der Waals surface area contributed by atoms with Gasteiger partial charge in [0, 0.05) is 35.9 Å². The summed E-state index contributed by atoms with van der Waals surface area (Å²) in [5.41, 5.74) is 5.56. The van der Waals surface area contributed by atoms with Gasteiger partial charge >= 0.3 is 0 Å². The number of nitro groups is 1. The predicted octanol–water partition coefficient (Wildman–Crippen LogP) is 7.71. The fraction of sp³-hybridized carbons (Fsp3) is 0.219. The van der Waals surface area contributed by atoms with Crippen molar-refractivity contribution in [1.29, 1.82) is 0 Å². The van der Waals surface area contributed by atoms with E-state index in [2.05, 4.69) is 29.5 Å². The zero-order chi connectivity index (χ0) is 29.6. The van der Waals surface area contributed by atoms with Crippen molar-refractivity contribution in [3.8, 4) is 17.1 Å². The highest BCUT2D eigenvalue weighted by atomic mass is 16.6. The van der Waals surface area contributed by atoms with Crippen LogP contribution in [0.4, 0.5) is 17.1 Å². The molecule has 1 aliphatic rings. The number of hydrogen-bond donors (Lipinski definition) is 1. The normalized spacial score (nSPS) is 14.3. The highest BCUT2D eigenvalue weighted by molar-refractivity contribution is 6.08. The topological polar surface area (TPSA) is 129 Å². The van der Waals surface area contributed by atoms with Crippen LogP contribution in [0.2, 0.25) is 0 Å². The van der Waals surface area contributed by atoms with Gasteiger partial charge in [0.2, 0.25) is 0 Å². The molecule has 0 spiro atoms. The monoisotopic (exact) mass is 563 g/mol. The first-order valence-corrected chi connectivity index (χ1v) is 13.6. The summed E-state index contributed by atoms with van der Waals surface area (Å²) in [6.45, 7) is 7.86. The van der Waals surface area contributed by atoms with E-state index in [0.717, 1.165) is 22.5 Å². The minimum atomic E-state index is -0.435. The van der Waals surface area contributed by atoms with Crippen LogP contribution < -0.4 is 5.32 Å². The number of carbonyl (C=O) groups excluding carboxylic acids is 1. The van der Waals surface area contributed by atoms with E-state index in [1.165, 1.54) is 12.1 Å². The van der Waals surface area contributed by atoms with Crippen LogP contribution in [0.25, 0.3) is 29.2 Å². The second kappa shape index (κ2) is 10.3. The highest BCUT2D eigenvalue weighted by Gasteiger charge is 2.39. The number of anilines is 2. The minimum Gasteiger partial charge on any atom is -0.360 e. The molecule has 42 heavy (non-hydrogen) atoms. The third-order valence-corrected chi connectivity index (χ3v) is 7.39. The molecule has 0 bridgehead atoms. The number of carbonyl (C=O) groups is 1. The number of aromatic nitrogens is 3. The van der Waals surface area contributed by atoms with Gasteiger partial charge in [-0.25, -0.2) is 0 Å². The number of hydrogen-bond acceptors (Lipinski definition) is 8. The van der Waals surface area contributed by atoms with Gasteiger partial charge in [-0.3, -0.25) is 19.5 Å². The van der Waals surface area contributed by atoms with E-state index in [1.807, 2.05) is 54.8 Å². The molecule has 3 aromatic heterocycles. The van der Waals surface area contributed by atoms with Gasteiger partial charge in [0.1, 0.15) is 17.1 Å². The molecule has 3 heterocycles. The van der Waals surface area contributed by atoms with Crippen LogP contribution in [-0.2, 0) is 6.42 Å². The minimum absolute atomic E-state index is 0.0166. The molecule has 0 amide bonds. The Labute approximate surface area is 241 Å². The van der Waals surface area contributed by atoms with Crippen LogP contribution in [0.1, 0.15) is 59.1 Å². The maximum Gasteiger partial charge on any atom is 0.269 e. The molecule has 0 radical (unpaired) electrons. The largest absolute Gasteiger partial charge is 0.360 e. The van der Waals surface area contributed by atoms with Crippen molar-refractivity contribution in [2.45, 2.75) is 40.5 Å². The van der Waals surface area contributed by atoms with Crippen molar-refractivity contribution in [3.05, 3.63) is 105 Å². The molecule has 0 unspecified atom stereocenters. The van der Waals surface area contributed by atoms with Gasteiger partial charge in [0.05, 0.1) is 21.9 Å². The summed E-state index contributed by atoms with van der Waals surface area (Å²) in [4.78, 5) is 24.4. The highest BCUT2D eigenvalue weighted by Crippen LogP contribution is 2.47. The summed E-state index contributed by atoms with van der Waals surface area (Å²) < 4.78 is 13.2. The van der Waals surface area contributed by atoms with Crippen molar-refractivity contribution >= 4 is 35.0 Å². The molecule has 1 N–H and O–H groups in total. The van der Waals surface area contributed by atoms with E-state index in [0.29, 0.717) is 52.8 Å². The Hall–Kier alpha value is -5.25. The van der Waals surface area contributed by atoms with Crippen molar-refractivity contribution in [2.24, 2.45) is 5.41 Å². The lowest BCUT2D eigenvalue weighted by Gasteiger charge is -2.29. The fourth-order valence-corrected chi connectivity index (χ4v) is 5.49. The number of nitrogens with one attached hydrogen (secondary N) is 1. The van der Waals surface area contributed by atoms with E-state index < -0.39 is 4.92 Å². The summed E-state index contributed by atoms with van der Waals surface area (Å²) in [6.07, 6.45) is 4.61. The quantitative estimate of drug-likeness (QED) is 0.157. The fourth-order valence-electron chi connectivity index (χ4n) is 5.49. The number of non-ortho nitro benzene ring substituents is 1. The molecule has 1 aliphatic carbocycles.